The van der Waals surface area contributed by atoms with Crippen molar-refractivity contribution in [1.82, 2.24) is 30.3 Å². The van der Waals surface area contributed by atoms with E-state index in [1.807, 2.05) is 4.90 Å². The van der Waals surface area contributed by atoms with Crippen LogP contribution in [0.1, 0.15) is 60.7 Å². The number of amides is 2. The highest BCUT2D eigenvalue weighted by atomic mass is 16.5. The maximum Gasteiger partial charge on any atom is 0.257 e. The SMILES string of the molecule is COc1ccc(C(=O)N2CCCCCCNC(=O)C3CC(c4nc(-c5cnccn5)no4)CC32)c(OC)c1. The third-order valence-electron chi connectivity index (χ3n) is 7.37. The molecule has 1 aliphatic heterocycles. The van der Waals surface area contributed by atoms with Crippen molar-refractivity contribution in [3.8, 4) is 23.0 Å². The maximum absolute atomic E-state index is 14.0. The molecular weight excluding hydrogens is 488 g/mol. The van der Waals surface area contributed by atoms with E-state index in [9.17, 15) is 9.59 Å². The second-order valence-electron chi connectivity index (χ2n) is 9.66. The minimum Gasteiger partial charge on any atom is -0.497 e. The van der Waals surface area contributed by atoms with Crippen molar-refractivity contribution in [2.75, 3.05) is 27.3 Å². The number of nitrogens with zero attached hydrogens (tertiary/aromatic N) is 5. The van der Waals surface area contributed by atoms with Crippen LogP contribution in [-0.4, -0.2) is 70.2 Å². The molecule has 200 valence electrons. The summed E-state index contributed by atoms with van der Waals surface area (Å²) in [5.74, 6) is 1.03. The first-order valence-electron chi connectivity index (χ1n) is 13.0. The van der Waals surface area contributed by atoms with Gasteiger partial charge in [0, 0.05) is 43.5 Å². The molecule has 1 N–H and O–H groups in total. The van der Waals surface area contributed by atoms with E-state index in [4.69, 9.17) is 14.0 Å². The van der Waals surface area contributed by atoms with Crippen molar-refractivity contribution < 1.29 is 23.6 Å². The molecule has 0 bridgehead atoms. The van der Waals surface area contributed by atoms with Gasteiger partial charge in [0.25, 0.3) is 5.91 Å². The lowest BCUT2D eigenvalue weighted by Crippen LogP contribution is -2.47. The van der Waals surface area contributed by atoms with Gasteiger partial charge in [0.15, 0.2) is 0 Å². The topological polar surface area (TPSA) is 133 Å². The van der Waals surface area contributed by atoms with Crippen molar-refractivity contribution in [3.63, 3.8) is 0 Å². The van der Waals surface area contributed by atoms with E-state index in [1.165, 1.54) is 7.11 Å². The Hall–Kier alpha value is -4.02. The molecule has 1 aromatic carbocycles. The molecular formula is C27H32N6O5. The number of hydrogen-bond donors (Lipinski definition) is 1. The van der Waals surface area contributed by atoms with E-state index in [-0.39, 0.29) is 23.8 Å². The summed E-state index contributed by atoms with van der Waals surface area (Å²) in [7, 11) is 3.10. The van der Waals surface area contributed by atoms with Crippen LogP contribution < -0.4 is 14.8 Å². The van der Waals surface area contributed by atoms with E-state index in [1.54, 1.807) is 43.9 Å². The molecule has 11 heteroatoms. The van der Waals surface area contributed by atoms with Gasteiger partial charge >= 0.3 is 0 Å². The molecule has 3 heterocycles. The fourth-order valence-electron chi connectivity index (χ4n) is 5.41. The summed E-state index contributed by atoms with van der Waals surface area (Å²) in [5.41, 5.74) is 0.949. The number of benzene rings is 1. The number of hydrogen-bond acceptors (Lipinski definition) is 9. The van der Waals surface area contributed by atoms with E-state index >= 15 is 0 Å². The number of fused-ring (bicyclic) bond motifs is 1. The molecule has 0 spiro atoms. The van der Waals surface area contributed by atoms with Gasteiger partial charge in [0.05, 0.1) is 31.9 Å². The van der Waals surface area contributed by atoms with Crippen LogP contribution in [0.3, 0.4) is 0 Å². The standard InChI is InChI=1S/C27H32N6O5/c1-36-18-7-8-19(23(15-18)37-2)27(35)33-12-6-4-3-5-9-30-25(34)20-13-17(14-22(20)33)26-31-24(32-38-26)21-16-28-10-11-29-21/h7-8,10-11,15-17,20,22H,3-6,9,12-14H2,1-2H3,(H,30,34). The first-order valence-corrected chi connectivity index (χ1v) is 13.0. The lowest BCUT2D eigenvalue weighted by molar-refractivity contribution is -0.126. The minimum absolute atomic E-state index is 0.0486. The molecule has 38 heavy (non-hydrogen) atoms. The average molecular weight is 521 g/mol. The lowest BCUT2D eigenvalue weighted by Gasteiger charge is -2.33. The van der Waals surface area contributed by atoms with Gasteiger partial charge < -0.3 is 24.2 Å². The molecule has 3 atom stereocenters. The molecule has 11 nitrogen and oxygen atoms in total. The third kappa shape index (κ3) is 5.32. The fraction of sp³-hybridized carbons (Fsp3) is 0.481. The molecule has 1 saturated heterocycles. The van der Waals surface area contributed by atoms with E-state index in [0.29, 0.717) is 60.4 Å². The van der Waals surface area contributed by atoms with Gasteiger partial charge in [-0.3, -0.25) is 14.6 Å². The highest BCUT2D eigenvalue weighted by Gasteiger charge is 2.46. The summed E-state index contributed by atoms with van der Waals surface area (Å²) in [6.07, 6.45) is 9.49. The summed E-state index contributed by atoms with van der Waals surface area (Å²) in [4.78, 5) is 42.1. The number of carbonyl (C=O) groups excluding carboxylic acids is 2. The van der Waals surface area contributed by atoms with Crippen LogP contribution in [0.15, 0.2) is 41.3 Å². The first kappa shape index (κ1) is 25.6. The van der Waals surface area contributed by atoms with Gasteiger partial charge in [0.2, 0.25) is 17.6 Å². The summed E-state index contributed by atoms with van der Waals surface area (Å²) >= 11 is 0. The van der Waals surface area contributed by atoms with Crippen LogP contribution in [0.4, 0.5) is 0 Å². The zero-order valence-corrected chi connectivity index (χ0v) is 21.6. The first-order chi connectivity index (χ1) is 18.6. The van der Waals surface area contributed by atoms with Crippen LogP contribution in [0.25, 0.3) is 11.5 Å². The van der Waals surface area contributed by atoms with Crippen LogP contribution >= 0.6 is 0 Å². The van der Waals surface area contributed by atoms with Crippen LogP contribution in [-0.2, 0) is 4.79 Å². The van der Waals surface area contributed by atoms with Crippen LogP contribution in [0.5, 0.6) is 11.5 Å². The van der Waals surface area contributed by atoms with Gasteiger partial charge in [-0.05, 0) is 37.8 Å². The quantitative estimate of drug-likeness (QED) is 0.538. The molecule has 2 amide bonds. The Morgan fingerprint density at radius 1 is 1.11 bits per heavy atom. The fourth-order valence-corrected chi connectivity index (χ4v) is 5.41. The second kappa shape index (κ2) is 11.6. The Morgan fingerprint density at radius 3 is 2.76 bits per heavy atom. The molecule has 3 aromatic rings. The Bertz CT molecular complexity index is 1270. The van der Waals surface area contributed by atoms with Crippen LogP contribution in [0.2, 0.25) is 0 Å². The average Bonchev–Trinajstić information content (AvgIpc) is 3.62. The monoisotopic (exact) mass is 520 g/mol. The molecule has 1 saturated carbocycles. The third-order valence-corrected chi connectivity index (χ3v) is 7.37. The van der Waals surface area contributed by atoms with Gasteiger partial charge in [-0.2, -0.15) is 4.98 Å². The molecule has 2 fully saturated rings. The Balaban J connectivity index is 1.46. The highest BCUT2D eigenvalue weighted by molar-refractivity contribution is 5.98. The zero-order chi connectivity index (χ0) is 26.5. The minimum atomic E-state index is -0.404. The number of rotatable bonds is 5. The largest absolute Gasteiger partial charge is 0.497 e. The predicted octanol–water partition coefficient (Wildman–Crippen LogP) is 3.24. The Morgan fingerprint density at radius 2 is 1.97 bits per heavy atom. The van der Waals surface area contributed by atoms with Crippen molar-refractivity contribution >= 4 is 11.8 Å². The van der Waals surface area contributed by atoms with Gasteiger partial charge in [-0.1, -0.05) is 18.0 Å². The van der Waals surface area contributed by atoms with E-state index in [0.717, 1.165) is 25.7 Å². The normalized spacial score (nSPS) is 22.2. The summed E-state index contributed by atoms with van der Waals surface area (Å²) < 4.78 is 16.5. The van der Waals surface area contributed by atoms with Crippen molar-refractivity contribution in [1.29, 1.82) is 0 Å². The number of ether oxygens (including phenoxy) is 2. The highest BCUT2D eigenvalue weighted by Crippen LogP contribution is 2.42. The summed E-state index contributed by atoms with van der Waals surface area (Å²) in [5, 5.41) is 7.18. The van der Waals surface area contributed by atoms with Crippen molar-refractivity contribution in [3.05, 3.63) is 48.2 Å². The predicted molar refractivity (Wildman–Crippen MR) is 137 cm³/mol. The lowest BCUT2D eigenvalue weighted by atomic mass is 9.99. The van der Waals surface area contributed by atoms with E-state index < -0.39 is 5.92 Å². The zero-order valence-electron chi connectivity index (χ0n) is 21.6. The molecule has 2 aliphatic rings. The summed E-state index contributed by atoms with van der Waals surface area (Å²) in [6.45, 7) is 1.17. The summed E-state index contributed by atoms with van der Waals surface area (Å²) in [6, 6.07) is 4.84. The molecule has 0 radical (unpaired) electrons. The molecule has 2 aromatic heterocycles. The second-order valence-corrected chi connectivity index (χ2v) is 9.66. The number of carbonyl (C=O) groups is 2. The van der Waals surface area contributed by atoms with Gasteiger partial charge in [-0.25, -0.2) is 4.98 Å². The van der Waals surface area contributed by atoms with Gasteiger partial charge in [-0.15, -0.1) is 0 Å². The van der Waals surface area contributed by atoms with Crippen molar-refractivity contribution in [2.24, 2.45) is 5.92 Å². The number of nitrogens with one attached hydrogen (secondary N) is 1. The van der Waals surface area contributed by atoms with Crippen LogP contribution in [0, 0.1) is 5.92 Å². The maximum atomic E-state index is 14.0. The number of methoxy groups -OCH3 is 2. The Kier molecular flexibility index (Phi) is 7.81. The molecule has 1 aliphatic carbocycles. The van der Waals surface area contributed by atoms with Crippen molar-refractivity contribution in [2.45, 2.75) is 50.5 Å². The smallest absolute Gasteiger partial charge is 0.257 e. The molecule has 5 rings (SSSR count). The van der Waals surface area contributed by atoms with Gasteiger partial charge in [0.1, 0.15) is 17.2 Å². The Labute approximate surface area is 220 Å². The molecule has 3 unspecified atom stereocenters. The van der Waals surface area contributed by atoms with E-state index in [2.05, 4.69) is 25.4 Å². The number of aromatic nitrogens is 4.